The molecule has 1 aliphatic rings. The van der Waals surface area contributed by atoms with Crippen molar-refractivity contribution in [1.29, 1.82) is 0 Å². The zero-order chi connectivity index (χ0) is 22.8. The molecule has 0 saturated heterocycles. The SMILES string of the molecule is CN(C(=O)OC(C)(C)C)C1CCC(OC(=O)C(O)(c2cccs2)c2ccc(Br)s2)CC1. The first kappa shape index (κ1) is 24.2. The zero-order valence-electron chi connectivity index (χ0n) is 18.1. The Morgan fingerprint density at radius 2 is 1.81 bits per heavy atom. The first-order valence-corrected chi connectivity index (χ1v) is 12.7. The molecule has 2 aromatic heterocycles. The molecule has 2 heterocycles. The molecule has 1 saturated carbocycles. The third-order valence-electron chi connectivity index (χ3n) is 5.25. The van der Waals surface area contributed by atoms with Crippen LogP contribution in [0.4, 0.5) is 4.79 Å². The lowest BCUT2D eigenvalue weighted by molar-refractivity contribution is -0.169. The van der Waals surface area contributed by atoms with Gasteiger partial charge in [0, 0.05) is 13.1 Å². The van der Waals surface area contributed by atoms with E-state index < -0.39 is 17.2 Å². The molecule has 1 N–H and O–H groups in total. The van der Waals surface area contributed by atoms with Gasteiger partial charge >= 0.3 is 12.1 Å². The van der Waals surface area contributed by atoms with Gasteiger partial charge in [-0.25, -0.2) is 9.59 Å². The minimum absolute atomic E-state index is 0.0363. The molecule has 3 rings (SSSR count). The third-order valence-corrected chi connectivity index (χ3v) is 7.96. The largest absolute Gasteiger partial charge is 0.460 e. The van der Waals surface area contributed by atoms with Gasteiger partial charge in [-0.15, -0.1) is 22.7 Å². The van der Waals surface area contributed by atoms with Gasteiger partial charge in [0.05, 0.1) is 13.5 Å². The van der Waals surface area contributed by atoms with Gasteiger partial charge in [-0.1, -0.05) is 6.07 Å². The van der Waals surface area contributed by atoms with Crippen LogP contribution in [0.2, 0.25) is 0 Å². The number of ether oxygens (including phenoxy) is 2. The van der Waals surface area contributed by atoms with Crippen molar-refractivity contribution in [3.05, 3.63) is 43.2 Å². The number of esters is 1. The Labute approximate surface area is 199 Å². The van der Waals surface area contributed by atoms with Gasteiger partial charge < -0.3 is 19.5 Å². The second kappa shape index (κ2) is 9.60. The molecular weight excluding hydrogens is 502 g/mol. The van der Waals surface area contributed by atoms with Crippen LogP contribution in [-0.2, 0) is 19.9 Å². The van der Waals surface area contributed by atoms with Crippen LogP contribution >= 0.6 is 38.6 Å². The average molecular weight is 531 g/mol. The van der Waals surface area contributed by atoms with E-state index in [-0.39, 0.29) is 18.2 Å². The Morgan fingerprint density at radius 1 is 1.13 bits per heavy atom. The highest BCUT2D eigenvalue weighted by Gasteiger charge is 2.45. The van der Waals surface area contributed by atoms with Crippen LogP contribution in [-0.4, -0.2) is 46.9 Å². The number of carbonyl (C=O) groups is 2. The van der Waals surface area contributed by atoms with Crippen molar-refractivity contribution in [2.45, 2.75) is 69.8 Å². The molecule has 0 aliphatic heterocycles. The van der Waals surface area contributed by atoms with Crippen LogP contribution in [0.5, 0.6) is 0 Å². The van der Waals surface area contributed by atoms with Crippen molar-refractivity contribution in [3.63, 3.8) is 0 Å². The lowest BCUT2D eigenvalue weighted by atomic mass is 9.91. The summed E-state index contributed by atoms with van der Waals surface area (Å²) in [6.07, 6.45) is 2.01. The van der Waals surface area contributed by atoms with Gasteiger partial charge in [0.15, 0.2) is 0 Å². The van der Waals surface area contributed by atoms with Gasteiger partial charge in [0.2, 0.25) is 5.60 Å². The summed E-state index contributed by atoms with van der Waals surface area (Å²) in [6, 6.07) is 7.13. The second-order valence-electron chi connectivity index (χ2n) is 8.72. The molecule has 9 heteroatoms. The number of hydrogen-bond acceptors (Lipinski definition) is 7. The van der Waals surface area contributed by atoms with E-state index in [2.05, 4.69) is 15.9 Å². The summed E-state index contributed by atoms with van der Waals surface area (Å²) in [4.78, 5) is 28.2. The van der Waals surface area contributed by atoms with Gasteiger partial charge in [0.1, 0.15) is 11.7 Å². The maximum Gasteiger partial charge on any atom is 0.410 e. The van der Waals surface area contributed by atoms with Gasteiger partial charge in [0.25, 0.3) is 0 Å². The summed E-state index contributed by atoms with van der Waals surface area (Å²) in [7, 11) is 1.75. The molecule has 0 radical (unpaired) electrons. The van der Waals surface area contributed by atoms with E-state index >= 15 is 0 Å². The quantitative estimate of drug-likeness (QED) is 0.515. The summed E-state index contributed by atoms with van der Waals surface area (Å²) in [6.45, 7) is 5.53. The van der Waals surface area contributed by atoms with E-state index in [0.717, 1.165) is 3.79 Å². The predicted molar refractivity (Wildman–Crippen MR) is 125 cm³/mol. The van der Waals surface area contributed by atoms with Gasteiger partial charge in [-0.05, 0) is 86.0 Å². The first-order valence-electron chi connectivity index (χ1n) is 10.2. The van der Waals surface area contributed by atoms with Crippen molar-refractivity contribution in [2.24, 2.45) is 0 Å². The van der Waals surface area contributed by atoms with Crippen LogP contribution in [0.15, 0.2) is 33.4 Å². The van der Waals surface area contributed by atoms with Crippen LogP contribution < -0.4 is 0 Å². The standard InChI is InChI=1S/C22H28BrNO5S2/c1-21(2,3)29-20(26)24(4)14-7-9-15(10-8-14)28-19(25)22(27,16-6-5-13-30-16)17-11-12-18(23)31-17/h5-6,11-15,27H,7-10H2,1-4H3. The number of carbonyl (C=O) groups excluding carboxylic acids is 2. The van der Waals surface area contributed by atoms with E-state index in [0.29, 0.717) is 35.4 Å². The Bertz CT molecular complexity index is 899. The van der Waals surface area contributed by atoms with Crippen LogP contribution in [0, 0.1) is 0 Å². The van der Waals surface area contributed by atoms with E-state index in [1.165, 1.54) is 22.7 Å². The van der Waals surface area contributed by atoms with Crippen molar-refractivity contribution in [1.82, 2.24) is 4.90 Å². The van der Waals surface area contributed by atoms with E-state index in [9.17, 15) is 14.7 Å². The Hall–Kier alpha value is -1.42. The fourth-order valence-electron chi connectivity index (χ4n) is 3.59. The smallest absolute Gasteiger partial charge is 0.410 e. The molecule has 31 heavy (non-hydrogen) atoms. The van der Waals surface area contributed by atoms with Crippen molar-refractivity contribution >= 4 is 50.7 Å². The fraction of sp³-hybridized carbons (Fsp3) is 0.545. The minimum Gasteiger partial charge on any atom is -0.460 e. The summed E-state index contributed by atoms with van der Waals surface area (Å²) in [5.41, 5.74) is -2.36. The first-order chi connectivity index (χ1) is 14.5. The van der Waals surface area contributed by atoms with Crippen LogP contribution in [0.25, 0.3) is 0 Å². The van der Waals surface area contributed by atoms with E-state index in [1.807, 2.05) is 32.2 Å². The molecule has 0 aromatic carbocycles. The molecule has 2 aromatic rings. The predicted octanol–water partition coefficient (Wildman–Crippen LogP) is 5.53. The van der Waals surface area contributed by atoms with E-state index in [4.69, 9.17) is 9.47 Å². The summed E-state index contributed by atoms with van der Waals surface area (Å²) < 4.78 is 12.1. The number of nitrogens with zero attached hydrogens (tertiary/aromatic N) is 1. The summed E-state index contributed by atoms with van der Waals surface area (Å²) >= 11 is 6.03. The molecule has 1 atom stereocenters. The number of hydrogen-bond donors (Lipinski definition) is 1. The number of thiophene rings is 2. The molecule has 1 unspecified atom stereocenters. The second-order valence-corrected chi connectivity index (χ2v) is 12.1. The third kappa shape index (κ3) is 5.69. The molecule has 6 nitrogen and oxygen atoms in total. The highest BCUT2D eigenvalue weighted by atomic mass is 79.9. The van der Waals surface area contributed by atoms with Crippen molar-refractivity contribution in [2.75, 3.05) is 7.05 Å². The molecule has 170 valence electrons. The van der Waals surface area contributed by atoms with Gasteiger partial charge in [-0.3, -0.25) is 0 Å². The maximum atomic E-state index is 13.2. The van der Waals surface area contributed by atoms with Gasteiger partial charge in [-0.2, -0.15) is 0 Å². The number of aliphatic hydroxyl groups is 1. The Morgan fingerprint density at radius 3 is 2.32 bits per heavy atom. The molecule has 1 amide bonds. The topological polar surface area (TPSA) is 76.1 Å². The van der Waals surface area contributed by atoms with Crippen LogP contribution in [0.1, 0.15) is 56.2 Å². The normalized spacial score (nSPS) is 21.2. The van der Waals surface area contributed by atoms with Crippen molar-refractivity contribution < 1.29 is 24.2 Å². The molecule has 1 fully saturated rings. The summed E-state index contributed by atoms with van der Waals surface area (Å²) in [5, 5.41) is 13.3. The zero-order valence-corrected chi connectivity index (χ0v) is 21.3. The van der Waals surface area contributed by atoms with Crippen LogP contribution in [0.3, 0.4) is 0 Å². The average Bonchev–Trinajstić information content (AvgIpc) is 3.38. The highest BCUT2D eigenvalue weighted by Crippen LogP contribution is 2.40. The number of rotatable bonds is 5. The lowest BCUT2D eigenvalue weighted by Gasteiger charge is -2.36. The number of amides is 1. The fourth-order valence-corrected chi connectivity index (χ4v) is 5.95. The summed E-state index contributed by atoms with van der Waals surface area (Å²) in [5.74, 6) is -0.659. The lowest BCUT2D eigenvalue weighted by Crippen LogP contribution is -2.44. The molecule has 0 bridgehead atoms. The number of halogens is 1. The molecule has 1 aliphatic carbocycles. The maximum absolute atomic E-state index is 13.2. The minimum atomic E-state index is -1.82. The Kier molecular flexibility index (Phi) is 7.50. The van der Waals surface area contributed by atoms with E-state index in [1.54, 1.807) is 30.1 Å². The van der Waals surface area contributed by atoms with Crippen molar-refractivity contribution in [3.8, 4) is 0 Å². The molecular formula is C22H28BrNO5S2. The Balaban J connectivity index is 1.64. The monoisotopic (exact) mass is 529 g/mol. The molecule has 0 spiro atoms. The highest BCUT2D eigenvalue weighted by molar-refractivity contribution is 9.11.